The smallest absolute Gasteiger partial charge is 0.274 e. The maximum atomic E-state index is 12.9. The minimum absolute atomic E-state index is 0.236. The summed E-state index contributed by atoms with van der Waals surface area (Å²) < 4.78 is 5.35. The van der Waals surface area contributed by atoms with Gasteiger partial charge in [-0.15, -0.1) is 10.2 Å². The Hall–Kier alpha value is -3.10. The largest absolute Gasteiger partial charge is 0.378 e. The molecule has 1 fully saturated rings. The summed E-state index contributed by atoms with van der Waals surface area (Å²) in [5.74, 6) is 0.393. The third kappa shape index (κ3) is 4.67. The van der Waals surface area contributed by atoms with Gasteiger partial charge in [-0.25, -0.2) is 0 Å². The van der Waals surface area contributed by atoms with E-state index in [0.29, 0.717) is 18.2 Å². The third-order valence-electron chi connectivity index (χ3n) is 4.62. The molecule has 2 aliphatic heterocycles. The van der Waals surface area contributed by atoms with Crippen LogP contribution in [0.15, 0.2) is 61.0 Å². The highest BCUT2D eigenvalue weighted by molar-refractivity contribution is 6.30. The molecule has 0 radical (unpaired) electrons. The van der Waals surface area contributed by atoms with Gasteiger partial charge < -0.3 is 25.6 Å². The molecule has 0 spiro atoms. The van der Waals surface area contributed by atoms with Gasteiger partial charge in [-0.3, -0.25) is 4.79 Å². The highest BCUT2D eigenvalue weighted by atomic mass is 35.5. The van der Waals surface area contributed by atoms with Crippen molar-refractivity contribution in [1.29, 1.82) is 0 Å². The van der Waals surface area contributed by atoms with Crippen LogP contribution in [0.1, 0.15) is 10.5 Å². The van der Waals surface area contributed by atoms with Gasteiger partial charge in [0.25, 0.3) is 5.91 Å². The van der Waals surface area contributed by atoms with Crippen LogP contribution in [0.5, 0.6) is 0 Å². The monoisotopic (exact) mass is 412 g/mol. The van der Waals surface area contributed by atoms with Crippen molar-refractivity contribution in [2.75, 3.05) is 36.5 Å². The van der Waals surface area contributed by atoms with Gasteiger partial charge >= 0.3 is 0 Å². The van der Waals surface area contributed by atoms with Crippen LogP contribution < -0.4 is 20.9 Å². The van der Waals surface area contributed by atoms with Crippen LogP contribution in [0.4, 0.5) is 11.5 Å². The highest BCUT2D eigenvalue weighted by Crippen LogP contribution is 2.21. The Morgan fingerprint density at radius 2 is 1.79 bits per heavy atom. The number of carbonyl (C=O) groups is 1. The summed E-state index contributed by atoms with van der Waals surface area (Å²) in [6, 6.07) is 10.7. The van der Waals surface area contributed by atoms with Gasteiger partial charge in [0.05, 0.1) is 13.2 Å². The number of nitrogens with zero attached hydrogens (tertiary/aromatic N) is 3. The Kier molecular flexibility index (Phi) is 5.64. The Labute approximate surface area is 173 Å². The summed E-state index contributed by atoms with van der Waals surface area (Å²) in [4.78, 5) is 14.9. The molecule has 0 saturated carbocycles. The molecule has 4 rings (SSSR count). The predicted molar refractivity (Wildman–Crippen MR) is 112 cm³/mol. The van der Waals surface area contributed by atoms with E-state index in [-0.39, 0.29) is 11.6 Å². The van der Waals surface area contributed by atoms with Gasteiger partial charge in [0.15, 0.2) is 17.2 Å². The van der Waals surface area contributed by atoms with Gasteiger partial charge in [-0.05, 0) is 48.6 Å². The minimum Gasteiger partial charge on any atom is -0.378 e. The summed E-state index contributed by atoms with van der Waals surface area (Å²) in [5.41, 5.74) is 0.125. The first-order chi connectivity index (χ1) is 14.1. The maximum absolute atomic E-state index is 12.9. The second-order valence-corrected chi connectivity index (χ2v) is 7.10. The summed E-state index contributed by atoms with van der Waals surface area (Å²) in [7, 11) is 0. The van der Waals surface area contributed by atoms with Crippen molar-refractivity contribution < 1.29 is 9.53 Å². The SMILES string of the molecule is O=C(NC1(Nc2ccc(Cl)cc2)C=CNC=C1)c1ccc(N2CCOCC2)nn1. The van der Waals surface area contributed by atoms with Gasteiger partial charge in [-0.1, -0.05) is 11.6 Å². The zero-order valence-electron chi connectivity index (χ0n) is 15.6. The van der Waals surface area contributed by atoms with Crippen molar-refractivity contribution in [2.45, 2.75) is 5.66 Å². The molecule has 0 unspecified atom stereocenters. The zero-order valence-corrected chi connectivity index (χ0v) is 16.4. The van der Waals surface area contributed by atoms with Gasteiger partial charge in [0, 0.05) is 36.2 Å². The molecule has 3 N–H and O–H groups in total. The molecule has 9 heteroatoms. The number of nitrogens with one attached hydrogen (secondary N) is 3. The first kappa shape index (κ1) is 19.2. The van der Waals surface area contributed by atoms with Crippen LogP contribution in [-0.2, 0) is 4.74 Å². The van der Waals surface area contributed by atoms with Crippen LogP contribution in [0.25, 0.3) is 0 Å². The Balaban J connectivity index is 1.49. The molecule has 3 heterocycles. The number of halogens is 1. The van der Waals surface area contributed by atoms with E-state index < -0.39 is 5.66 Å². The standard InChI is InChI=1S/C20H21ClN6O2/c21-15-1-3-16(4-2-15)23-20(7-9-22-10-8-20)24-19(28)17-5-6-18(26-25-17)27-11-13-29-14-12-27/h1-10,22-23H,11-14H2,(H,24,28). The number of ether oxygens (including phenoxy) is 1. The summed E-state index contributed by atoms with van der Waals surface area (Å²) in [5, 5.41) is 18.2. The fourth-order valence-corrected chi connectivity index (χ4v) is 3.23. The molecule has 150 valence electrons. The second-order valence-electron chi connectivity index (χ2n) is 6.66. The van der Waals surface area contributed by atoms with Crippen LogP contribution in [0.3, 0.4) is 0 Å². The fraction of sp³-hybridized carbons (Fsp3) is 0.250. The van der Waals surface area contributed by atoms with E-state index in [1.807, 2.05) is 24.3 Å². The molecule has 1 aromatic heterocycles. The number of hydrogen-bond donors (Lipinski definition) is 3. The molecule has 1 aromatic carbocycles. The van der Waals surface area contributed by atoms with Gasteiger partial charge in [0.2, 0.25) is 0 Å². The Morgan fingerprint density at radius 1 is 1.07 bits per heavy atom. The number of amides is 1. The minimum atomic E-state index is -0.916. The normalized spacial score (nSPS) is 17.5. The van der Waals surface area contributed by atoms with Crippen LogP contribution in [-0.4, -0.2) is 48.1 Å². The van der Waals surface area contributed by atoms with Crippen molar-refractivity contribution in [3.63, 3.8) is 0 Å². The average molecular weight is 413 g/mol. The number of carbonyl (C=O) groups excluding carboxylic acids is 1. The molecule has 1 amide bonds. The van der Waals surface area contributed by atoms with E-state index in [4.69, 9.17) is 16.3 Å². The zero-order chi connectivity index (χ0) is 20.1. The maximum Gasteiger partial charge on any atom is 0.274 e. The van der Waals surface area contributed by atoms with Crippen molar-refractivity contribution in [1.82, 2.24) is 20.8 Å². The van der Waals surface area contributed by atoms with E-state index >= 15 is 0 Å². The number of dihydropyridines is 1. The lowest BCUT2D eigenvalue weighted by Gasteiger charge is -2.32. The molecule has 0 bridgehead atoms. The van der Waals surface area contributed by atoms with E-state index in [2.05, 4.69) is 31.0 Å². The molecule has 2 aromatic rings. The van der Waals surface area contributed by atoms with Crippen molar-refractivity contribution in [2.24, 2.45) is 0 Å². The average Bonchev–Trinajstić information content (AvgIpc) is 2.77. The Bertz CT molecular complexity index is 896. The highest BCUT2D eigenvalue weighted by Gasteiger charge is 2.29. The van der Waals surface area contributed by atoms with Crippen molar-refractivity contribution in [3.8, 4) is 0 Å². The number of anilines is 2. The molecule has 2 aliphatic rings. The van der Waals surface area contributed by atoms with E-state index in [1.165, 1.54) is 0 Å². The second kappa shape index (κ2) is 8.50. The van der Waals surface area contributed by atoms with E-state index in [0.717, 1.165) is 24.6 Å². The first-order valence-corrected chi connectivity index (χ1v) is 9.66. The molecular formula is C20H21ClN6O2. The van der Waals surface area contributed by atoms with Gasteiger partial charge in [0.1, 0.15) is 0 Å². The lowest BCUT2D eigenvalue weighted by molar-refractivity contribution is 0.0929. The molecule has 0 aliphatic carbocycles. The number of aromatic nitrogens is 2. The summed E-state index contributed by atoms with van der Waals surface area (Å²) >= 11 is 5.96. The molecular weight excluding hydrogens is 392 g/mol. The number of morpholine rings is 1. The molecule has 0 atom stereocenters. The Morgan fingerprint density at radius 3 is 2.45 bits per heavy atom. The number of benzene rings is 1. The lowest BCUT2D eigenvalue weighted by Crippen LogP contribution is -2.53. The fourth-order valence-electron chi connectivity index (χ4n) is 3.10. The quantitative estimate of drug-likeness (QED) is 0.648. The summed E-state index contributed by atoms with van der Waals surface area (Å²) in [6.45, 7) is 2.85. The van der Waals surface area contributed by atoms with Crippen LogP contribution in [0.2, 0.25) is 5.02 Å². The first-order valence-electron chi connectivity index (χ1n) is 9.28. The molecule has 1 saturated heterocycles. The van der Waals surface area contributed by atoms with E-state index in [9.17, 15) is 4.79 Å². The third-order valence-corrected chi connectivity index (χ3v) is 4.87. The molecule has 29 heavy (non-hydrogen) atoms. The van der Waals surface area contributed by atoms with Crippen molar-refractivity contribution >= 4 is 29.0 Å². The topological polar surface area (TPSA) is 91.4 Å². The number of hydrogen-bond acceptors (Lipinski definition) is 7. The lowest BCUT2D eigenvalue weighted by atomic mass is 10.1. The summed E-state index contributed by atoms with van der Waals surface area (Å²) in [6.07, 6.45) is 7.12. The van der Waals surface area contributed by atoms with E-state index in [1.54, 1.807) is 36.7 Å². The van der Waals surface area contributed by atoms with Crippen LogP contribution >= 0.6 is 11.6 Å². The van der Waals surface area contributed by atoms with Crippen LogP contribution in [0, 0.1) is 0 Å². The van der Waals surface area contributed by atoms with Gasteiger partial charge in [-0.2, -0.15) is 0 Å². The number of rotatable bonds is 5. The van der Waals surface area contributed by atoms with Crippen molar-refractivity contribution in [3.05, 3.63) is 71.7 Å². The predicted octanol–water partition coefficient (Wildman–Crippen LogP) is 2.14. The molecule has 8 nitrogen and oxygen atoms in total.